The molecule has 160 valence electrons. The Balaban J connectivity index is 1.51. The second-order valence-electron chi connectivity index (χ2n) is 7.18. The van der Waals surface area contributed by atoms with Crippen molar-refractivity contribution in [1.29, 1.82) is 0 Å². The Labute approximate surface area is 177 Å². The smallest absolute Gasteiger partial charge is 0.251 e. The lowest BCUT2D eigenvalue weighted by atomic mass is 10.2. The van der Waals surface area contributed by atoms with Gasteiger partial charge in [-0.1, -0.05) is 18.2 Å². The molecule has 1 aromatic heterocycles. The third-order valence-electron chi connectivity index (χ3n) is 4.74. The van der Waals surface area contributed by atoms with Crippen LogP contribution in [0.5, 0.6) is 0 Å². The number of para-hydroxylation sites is 1. The highest BCUT2D eigenvalue weighted by Crippen LogP contribution is 2.15. The quantitative estimate of drug-likeness (QED) is 0.485. The van der Waals surface area contributed by atoms with Crippen molar-refractivity contribution in [2.75, 3.05) is 20.3 Å². The number of methoxy groups -OCH3 is 1. The Kier molecular flexibility index (Phi) is 7.25. The number of aryl methyl sites for hydroxylation is 1. The summed E-state index contributed by atoms with van der Waals surface area (Å²) in [7, 11) is -2.14. The second kappa shape index (κ2) is 9.88. The van der Waals surface area contributed by atoms with Gasteiger partial charge in [0.25, 0.3) is 5.91 Å². The molecule has 0 spiro atoms. The van der Waals surface area contributed by atoms with Gasteiger partial charge in [0.05, 0.1) is 11.5 Å². The molecule has 0 aliphatic rings. The van der Waals surface area contributed by atoms with Crippen LogP contribution in [0.25, 0.3) is 10.9 Å². The van der Waals surface area contributed by atoms with Crippen LogP contribution in [0.4, 0.5) is 0 Å². The molecule has 0 fully saturated rings. The van der Waals surface area contributed by atoms with Crippen molar-refractivity contribution in [3.8, 4) is 0 Å². The van der Waals surface area contributed by atoms with Crippen LogP contribution in [0, 0.1) is 0 Å². The van der Waals surface area contributed by atoms with E-state index in [4.69, 9.17) is 4.74 Å². The Hall–Kier alpha value is -2.68. The summed E-state index contributed by atoms with van der Waals surface area (Å²) >= 11 is 0. The number of ether oxygens (including phenoxy) is 1. The number of sulfonamides is 1. The molecule has 0 radical (unpaired) electrons. The maximum Gasteiger partial charge on any atom is 0.251 e. The van der Waals surface area contributed by atoms with E-state index in [2.05, 4.69) is 32.8 Å². The van der Waals surface area contributed by atoms with Gasteiger partial charge < -0.3 is 14.6 Å². The number of benzene rings is 2. The van der Waals surface area contributed by atoms with E-state index in [1.54, 1.807) is 6.92 Å². The molecule has 0 aliphatic carbocycles. The maximum atomic E-state index is 12.3. The van der Waals surface area contributed by atoms with Gasteiger partial charge in [0.1, 0.15) is 0 Å². The fourth-order valence-electron chi connectivity index (χ4n) is 3.29. The van der Waals surface area contributed by atoms with E-state index in [0.29, 0.717) is 12.1 Å². The van der Waals surface area contributed by atoms with Crippen LogP contribution < -0.4 is 10.0 Å². The molecule has 2 N–H and O–H groups in total. The van der Waals surface area contributed by atoms with Crippen LogP contribution in [0.2, 0.25) is 0 Å². The van der Waals surface area contributed by atoms with Gasteiger partial charge in [-0.05, 0) is 55.1 Å². The van der Waals surface area contributed by atoms with Gasteiger partial charge in [-0.25, -0.2) is 13.1 Å². The van der Waals surface area contributed by atoms with Crippen LogP contribution in [0.15, 0.2) is 65.7 Å². The van der Waals surface area contributed by atoms with Crippen LogP contribution in [0.1, 0.15) is 23.7 Å². The number of hydrogen-bond donors (Lipinski definition) is 2. The number of rotatable bonds is 10. The minimum Gasteiger partial charge on any atom is -0.383 e. The number of carbonyl (C=O) groups is 1. The molecule has 1 atom stereocenters. The molecule has 2 aromatic carbocycles. The van der Waals surface area contributed by atoms with Crippen molar-refractivity contribution in [2.24, 2.45) is 0 Å². The zero-order valence-electron chi connectivity index (χ0n) is 17.2. The van der Waals surface area contributed by atoms with E-state index in [1.165, 1.54) is 42.3 Å². The minimum atomic E-state index is -3.65. The number of amides is 1. The van der Waals surface area contributed by atoms with Crippen LogP contribution in [-0.4, -0.2) is 45.2 Å². The molecular formula is C22H27N3O4S. The SMILES string of the molecule is COC[C@H](C)NS(=O)(=O)c1ccc(C(=O)NCCCn2ccc3ccccc32)cc1. The van der Waals surface area contributed by atoms with E-state index in [0.717, 1.165) is 13.0 Å². The van der Waals surface area contributed by atoms with E-state index in [9.17, 15) is 13.2 Å². The number of nitrogens with one attached hydrogen (secondary N) is 2. The predicted octanol–water partition coefficient (Wildman–Crippen LogP) is 2.77. The molecule has 30 heavy (non-hydrogen) atoms. The van der Waals surface area contributed by atoms with Crippen molar-refractivity contribution < 1.29 is 17.9 Å². The third-order valence-corrected chi connectivity index (χ3v) is 6.35. The molecule has 1 heterocycles. The first kappa shape index (κ1) is 22.0. The number of fused-ring (bicyclic) bond motifs is 1. The normalized spacial score (nSPS) is 12.7. The van der Waals surface area contributed by atoms with Crippen molar-refractivity contribution >= 4 is 26.8 Å². The summed E-state index contributed by atoms with van der Waals surface area (Å²) in [6, 6.07) is 15.8. The molecule has 0 aliphatic heterocycles. The number of aromatic nitrogens is 1. The molecular weight excluding hydrogens is 402 g/mol. The Morgan fingerprint density at radius 2 is 1.83 bits per heavy atom. The molecule has 0 saturated carbocycles. The van der Waals surface area contributed by atoms with Crippen molar-refractivity contribution in [1.82, 2.24) is 14.6 Å². The lowest BCUT2D eigenvalue weighted by Crippen LogP contribution is -2.35. The molecule has 0 unspecified atom stereocenters. The van der Waals surface area contributed by atoms with Gasteiger partial charge >= 0.3 is 0 Å². The molecule has 7 nitrogen and oxygen atoms in total. The van der Waals surface area contributed by atoms with Gasteiger partial charge in [-0.15, -0.1) is 0 Å². The zero-order valence-corrected chi connectivity index (χ0v) is 18.0. The van der Waals surface area contributed by atoms with Crippen LogP contribution >= 0.6 is 0 Å². The van der Waals surface area contributed by atoms with E-state index in [1.807, 2.05) is 18.3 Å². The lowest BCUT2D eigenvalue weighted by molar-refractivity contribution is 0.0952. The molecule has 1 amide bonds. The first-order valence-corrected chi connectivity index (χ1v) is 11.3. The van der Waals surface area contributed by atoms with Gasteiger partial charge in [-0.3, -0.25) is 4.79 Å². The number of nitrogens with zero attached hydrogens (tertiary/aromatic N) is 1. The monoisotopic (exact) mass is 429 g/mol. The fraction of sp³-hybridized carbons (Fsp3) is 0.318. The molecule has 0 saturated heterocycles. The van der Waals surface area contributed by atoms with Gasteiger partial charge in [0.15, 0.2) is 0 Å². The number of hydrogen-bond acceptors (Lipinski definition) is 4. The van der Waals surface area contributed by atoms with Crippen molar-refractivity contribution in [3.05, 3.63) is 66.4 Å². The average molecular weight is 430 g/mol. The predicted molar refractivity (Wildman–Crippen MR) is 117 cm³/mol. The minimum absolute atomic E-state index is 0.112. The van der Waals surface area contributed by atoms with Crippen molar-refractivity contribution in [2.45, 2.75) is 30.8 Å². The van der Waals surface area contributed by atoms with E-state index < -0.39 is 10.0 Å². The largest absolute Gasteiger partial charge is 0.383 e. The topological polar surface area (TPSA) is 89.4 Å². The summed E-state index contributed by atoms with van der Waals surface area (Å²) in [6.07, 6.45) is 2.84. The highest BCUT2D eigenvalue weighted by molar-refractivity contribution is 7.89. The fourth-order valence-corrected chi connectivity index (χ4v) is 4.52. The lowest BCUT2D eigenvalue weighted by Gasteiger charge is -2.13. The van der Waals surface area contributed by atoms with Crippen molar-refractivity contribution in [3.63, 3.8) is 0 Å². The Morgan fingerprint density at radius 3 is 2.57 bits per heavy atom. The highest BCUT2D eigenvalue weighted by atomic mass is 32.2. The Morgan fingerprint density at radius 1 is 1.10 bits per heavy atom. The summed E-state index contributed by atoms with van der Waals surface area (Å²) in [5.74, 6) is -0.225. The molecule has 3 rings (SSSR count). The maximum absolute atomic E-state index is 12.3. The summed E-state index contributed by atoms with van der Waals surface area (Å²) in [5.41, 5.74) is 1.60. The summed E-state index contributed by atoms with van der Waals surface area (Å²) < 4.78 is 34.3. The summed E-state index contributed by atoms with van der Waals surface area (Å²) in [6.45, 7) is 3.33. The van der Waals surface area contributed by atoms with Gasteiger partial charge in [-0.2, -0.15) is 0 Å². The van der Waals surface area contributed by atoms with Crippen LogP contribution in [0.3, 0.4) is 0 Å². The first-order chi connectivity index (χ1) is 14.4. The number of carbonyl (C=O) groups excluding carboxylic acids is 1. The van der Waals surface area contributed by atoms with Crippen LogP contribution in [-0.2, 0) is 21.3 Å². The average Bonchev–Trinajstić information content (AvgIpc) is 3.14. The van der Waals surface area contributed by atoms with Gasteiger partial charge in [0.2, 0.25) is 10.0 Å². The van der Waals surface area contributed by atoms with E-state index in [-0.39, 0.29) is 23.5 Å². The zero-order chi connectivity index (χ0) is 21.6. The second-order valence-corrected chi connectivity index (χ2v) is 8.89. The molecule has 0 bridgehead atoms. The summed E-state index contributed by atoms with van der Waals surface area (Å²) in [5, 5.41) is 4.08. The van der Waals surface area contributed by atoms with Gasteiger partial charge in [0, 0.05) is 43.5 Å². The highest BCUT2D eigenvalue weighted by Gasteiger charge is 2.17. The standard InChI is InChI=1S/C22H27N3O4S/c1-17(16-29-2)24-30(27,28)20-10-8-19(9-11-20)22(26)23-13-5-14-25-15-12-18-6-3-4-7-21(18)25/h3-4,6-12,15,17,24H,5,13-14,16H2,1-2H3,(H,23,26)/t17-/m0/s1. The third kappa shape index (κ3) is 5.47. The molecule has 3 aromatic rings. The Bertz CT molecular complexity index is 1090. The molecule has 8 heteroatoms. The van der Waals surface area contributed by atoms with E-state index >= 15 is 0 Å². The first-order valence-electron chi connectivity index (χ1n) is 9.84. The summed E-state index contributed by atoms with van der Waals surface area (Å²) in [4.78, 5) is 12.5.